The SMILES string of the molecule is Cc1cnn(Cc2ccc(Cl)cc2)c1NC(=O)CN1CCOCC1. The second-order valence-corrected chi connectivity index (χ2v) is 6.33. The molecule has 128 valence electrons. The van der Waals surface area contributed by atoms with Crippen molar-refractivity contribution in [2.75, 3.05) is 38.2 Å². The van der Waals surface area contributed by atoms with E-state index in [2.05, 4.69) is 15.3 Å². The number of aromatic nitrogens is 2. The normalized spacial score (nSPS) is 15.4. The molecule has 6 nitrogen and oxygen atoms in total. The predicted octanol–water partition coefficient (Wildman–Crippen LogP) is 2.16. The molecule has 24 heavy (non-hydrogen) atoms. The Morgan fingerprint density at radius 1 is 1.29 bits per heavy atom. The highest BCUT2D eigenvalue weighted by Crippen LogP contribution is 2.17. The van der Waals surface area contributed by atoms with E-state index >= 15 is 0 Å². The third-order valence-electron chi connectivity index (χ3n) is 4.00. The van der Waals surface area contributed by atoms with E-state index in [-0.39, 0.29) is 5.91 Å². The number of carbonyl (C=O) groups excluding carboxylic acids is 1. The summed E-state index contributed by atoms with van der Waals surface area (Å²) in [6.07, 6.45) is 1.76. The molecule has 1 aliphatic rings. The second kappa shape index (κ2) is 7.79. The highest BCUT2D eigenvalue weighted by atomic mass is 35.5. The number of halogens is 1. The number of rotatable bonds is 5. The number of hydrogen-bond acceptors (Lipinski definition) is 4. The topological polar surface area (TPSA) is 59.4 Å². The summed E-state index contributed by atoms with van der Waals surface area (Å²) >= 11 is 5.92. The van der Waals surface area contributed by atoms with Crippen molar-refractivity contribution in [3.63, 3.8) is 0 Å². The summed E-state index contributed by atoms with van der Waals surface area (Å²) in [5, 5.41) is 8.06. The monoisotopic (exact) mass is 348 g/mol. The molecule has 0 radical (unpaired) electrons. The molecule has 0 atom stereocenters. The summed E-state index contributed by atoms with van der Waals surface area (Å²) in [6, 6.07) is 7.62. The second-order valence-electron chi connectivity index (χ2n) is 5.90. The Kier molecular flexibility index (Phi) is 5.50. The lowest BCUT2D eigenvalue weighted by atomic mass is 10.2. The number of aryl methyl sites for hydroxylation is 1. The fourth-order valence-electron chi connectivity index (χ4n) is 2.66. The fourth-order valence-corrected chi connectivity index (χ4v) is 2.78. The van der Waals surface area contributed by atoms with Crippen LogP contribution in [0.25, 0.3) is 0 Å². The molecule has 1 aromatic carbocycles. The molecule has 3 rings (SSSR count). The number of nitrogens with zero attached hydrogens (tertiary/aromatic N) is 3. The molecule has 1 aliphatic heterocycles. The zero-order valence-electron chi connectivity index (χ0n) is 13.7. The standard InChI is InChI=1S/C17H21ClN4O2/c1-13-10-19-22(11-14-2-4-15(18)5-3-14)17(13)20-16(23)12-21-6-8-24-9-7-21/h2-5,10H,6-9,11-12H2,1H3,(H,20,23). The molecular weight excluding hydrogens is 328 g/mol. The number of benzene rings is 1. The Morgan fingerprint density at radius 3 is 2.71 bits per heavy atom. The van der Waals surface area contributed by atoms with Gasteiger partial charge in [0, 0.05) is 23.7 Å². The van der Waals surface area contributed by atoms with Crippen molar-refractivity contribution in [2.45, 2.75) is 13.5 Å². The average molecular weight is 349 g/mol. The first-order chi connectivity index (χ1) is 11.6. The van der Waals surface area contributed by atoms with E-state index in [1.807, 2.05) is 31.2 Å². The molecule has 1 saturated heterocycles. The third kappa shape index (κ3) is 4.35. The summed E-state index contributed by atoms with van der Waals surface area (Å²) in [5.74, 6) is 0.709. The highest BCUT2D eigenvalue weighted by molar-refractivity contribution is 6.30. The Hall–Kier alpha value is -1.89. The quantitative estimate of drug-likeness (QED) is 0.899. The van der Waals surface area contributed by atoms with Crippen LogP contribution >= 0.6 is 11.6 Å². The van der Waals surface area contributed by atoms with Crippen molar-refractivity contribution in [1.29, 1.82) is 0 Å². The Balaban J connectivity index is 1.65. The van der Waals surface area contributed by atoms with E-state index in [1.54, 1.807) is 10.9 Å². The lowest BCUT2D eigenvalue weighted by Gasteiger charge is -2.25. The van der Waals surface area contributed by atoms with Crippen molar-refractivity contribution >= 4 is 23.3 Å². The van der Waals surface area contributed by atoms with Crippen molar-refractivity contribution in [2.24, 2.45) is 0 Å². The van der Waals surface area contributed by atoms with E-state index in [4.69, 9.17) is 16.3 Å². The molecule has 1 amide bonds. The Morgan fingerprint density at radius 2 is 2.00 bits per heavy atom. The maximum Gasteiger partial charge on any atom is 0.239 e. The minimum Gasteiger partial charge on any atom is -0.379 e. The maximum absolute atomic E-state index is 12.3. The highest BCUT2D eigenvalue weighted by Gasteiger charge is 2.16. The molecule has 1 fully saturated rings. The van der Waals surface area contributed by atoms with Crippen LogP contribution in [0.4, 0.5) is 5.82 Å². The lowest BCUT2D eigenvalue weighted by molar-refractivity contribution is -0.118. The van der Waals surface area contributed by atoms with Crippen molar-refractivity contribution in [1.82, 2.24) is 14.7 Å². The van der Waals surface area contributed by atoms with Gasteiger partial charge in [0.25, 0.3) is 0 Å². The van der Waals surface area contributed by atoms with Gasteiger partial charge in [0.05, 0.1) is 32.5 Å². The Labute approximate surface area is 146 Å². The van der Waals surface area contributed by atoms with Gasteiger partial charge in [-0.25, -0.2) is 4.68 Å². The van der Waals surface area contributed by atoms with E-state index in [0.29, 0.717) is 31.3 Å². The van der Waals surface area contributed by atoms with Crippen LogP contribution in [-0.4, -0.2) is 53.4 Å². The number of carbonyl (C=O) groups is 1. The number of amides is 1. The molecule has 1 N–H and O–H groups in total. The van der Waals surface area contributed by atoms with Gasteiger partial charge in [-0.05, 0) is 24.6 Å². The molecular formula is C17H21ClN4O2. The number of ether oxygens (including phenoxy) is 1. The zero-order chi connectivity index (χ0) is 16.9. The minimum absolute atomic E-state index is 0.0298. The Bertz CT molecular complexity index is 693. The smallest absolute Gasteiger partial charge is 0.239 e. The molecule has 2 aromatic rings. The largest absolute Gasteiger partial charge is 0.379 e. The van der Waals surface area contributed by atoms with Gasteiger partial charge in [-0.1, -0.05) is 23.7 Å². The van der Waals surface area contributed by atoms with Gasteiger partial charge in [0.1, 0.15) is 5.82 Å². The van der Waals surface area contributed by atoms with E-state index in [0.717, 1.165) is 30.0 Å². The summed E-state index contributed by atoms with van der Waals surface area (Å²) < 4.78 is 7.10. The first-order valence-electron chi connectivity index (χ1n) is 7.98. The van der Waals surface area contributed by atoms with Gasteiger partial charge in [-0.2, -0.15) is 5.10 Å². The minimum atomic E-state index is -0.0298. The van der Waals surface area contributed by atoms with Crippen LogP contribution in [0.2, 0.25) is 5.02 Å². The molecule has 1 aromatic heterocycles. The third-order valence-corrected chi connectivity index (χ3v) is 4.25. The summed E-state index contributed by atoms with van der Waals surface area (Å²) in [7, 11) is 0. The number of morpholine rings is 1. The number of nitrogens with one attached hydrogen (secondary N) is 1. The van der Waals surface area contributed by atoms with Crippen LogP contribution in [0.15, 0.2) is 30.5 Å². The van der Waals surface area contributed by atoms with Crippen molar-refractivity contribution in [3.8, 4) is 0 Å². The van der Waals surface area contributed by atoms with Gasteiger partial charge in [0.2, 0.25) is 5.91 Å². The van der Waals surface area contributed by atoms with Crippen LogP contribution in [-0.2, 0) is 16.1 Å². The van der Waals surface area contributed by atoms with Crippen LogP contribution < -0.4 is 5.32 Å². The van der Waals surface area contributed by atoms with Crippen LogP contribution in [0.5, 0.6) is 0 Å². The summed E-state index contributed by atoms with van der Waals surface area (Å²) in [6.45, 7) is 5.83. The van der Waals surface area contributed by atoms with E-state index < -0.39 is 0 Å². The van der Waals surface area contributed by atoms with Gasteiger partial charge >= 0.3 is 0 Å². The van der Waals surface area contributed by atoms with Crippen LogP contribution in [0.1, 0.15) is 11.1 Å². The summed E-state index contributed by atoms with van der Waals surface area (Å²) in [5.41, 5.74) is 2.02. The first kappa shape index (κ1) is 17.0. The number of hydrogen-bond donors (Lipinski definition) is 1. The van der Waals surface area contributed by atoms with Crippen molar-refractivity contribution < 1.29 is 9.53 Å². The van der Waals surface area contributed by atoms with Crippen LogP contribution in [0.3, 0.4) is 0 Å². The van der Waals surface area contributed by atoms with Gasteiger partial charge < -0.3 is 10.1 Å². The fraction of sp³-hybridized carbons (Fsp3) is 0.412. The molecule has 7 heteroatoms. The summed E-state index contributed by atoms with van der Waals surface area (Å²) in [4.78, 5) is 14.4. The van der Waals surface area contributed by atoms with Crippen molar-refractivity contribution in [3.05, 3.63) is 46.6 Å². The lowest BCUT2D eigenvalue weighted by Crippen LogP contribution is -2.41. The maximum atomic E-state index is 12.3. The van der Waals surface area contributed by atoms with Gasteiger partial charge in [-0.15, -0.1) is 0 Å². The van der Waals surface area contributed by atoms with E-state index in [1.165, 1.54) is 0 Å². The van der Waals surface area contributed by atoms with E-state index in [9.17, 15) is 4.79 Å². The first-order valence-corrected chi connectivity index (χ1v) is 8.36. The van der Waals surface area contributed by atoms with Gasteiger partial charge in [0.15, 0.2) is 0 Å². The molecule has 0 aliphatic carbocycles. The molecule has 2 heterocycles. The molecule has 0 spiro atoms. The molecule has 0 bridgehead atoms. The van der Waals surface area contributed by atoms with Crippen LogP contribution in [0, 0.1) is 6.92 Å². The van der Waals surface area contributed by atoms with Gasteiger partial charge in [-0.3, -0.25) is 9.69 Å². The number of anilines is 1. The average Bonchev–Trinajstić information content (AvgIpc) is 2.91. The predicted molar refractivity (Wildman–Crippen MR) is 93.4 cm³/mol. The zero-order valence-corrected chi connectivity index (χ0v) is 14.4. The molecule has 0 unspecified atom stereocenters. The molecule has 0 saturated carbocycles.